The molecule has 0 aliphatic carbocycles. The first kappa shape index (κ1) is 22.5. The summed E-state index contributed by atoms with van der Waals surface area (Å²) >= 11 is 0. The average molecular weight is 445 g/mol. The van der Waals surface area contributed by atoms with Crippen molar-refractivity contribution in [2.24, 2.45) is 0 Å². The predicted octanol–water partition coefficient (Wildman–Crippen LogP) is 3.93. The minimum Gasteiger partial charge on any atom is -0.497 e. The summed E-state index contributed by atoms with van der Waals surface area (Å²) in [5.74, 6) is 0.770. The van der Waals surface area contributed by atoms with E-state index >= 15 is 0 Å². The maximum absolute atomic E-state index is 13.5. The Balaban J connectivity index is 1.69. The molecule has 0 unspecified atom stereocenters. The fraction of sp³-hybridized carbons (Fsp3) is 0.269. The van der Waals surface area contributed by atoms with Gasteiger partial charge in [-0.05, 0) is 61.0 Å². The Morgan fingerprint density at radius 2 is 1.91 bits per heavy atom. The van der Waals surface area contributed by atoms with Crippen molar-refractivity contribution in [3.8, 4) is 17.0 Å². The van der Waals surface area contributed by atoms with E-state index in [1.165, 1.54) is 0 Å². The fourth-order valence-corrected chi connectivity index (χ4v) is 3.78. The van der Waals surface area contributed by atoms with E-state index in [4.69, 9.17) is 14.5 Å². The van der Waals surface area contributed by atoms with E-state index in [9.17, 15) is 4.79 Å². The highest BCUT2D eigenvalue weighted by Crippen LogP contribution is 2.27. The average Bonchev–Trinajstić information content (AvgIpc) is 3.19. The number of carbonyl (C=O) groups is 1. The van der Waals surface area contributed by atoms with Crippen molar-refractivity contribution in [2.75, 3.05) is 27.4 Å². The van der Waals surface area contributed by atoms with Crippen LogP contribution >= 0.6 is 0 Å². The van der Waals surface area contributed by atoms with Crippen LogP contribution in [-0.2, 0) is 22.5 Å². The van der Waals surface area contributed by atoms with Gasteiger partial charge in [0, 0.05) is 31.6 Å². The summed E-state index contributed by atoms with van der Waals surface area (Å²) in [5.41, 5.74) is 5.35. The second kappa shape index (κ2) is 10.3. The molecule has 33 heavy (non-hydrogen) atoms. The molecule has 1 amide bonds. The molecule has 0 saturated heterocycles. The van der Waals surface area contributed by atoms with E-state index in [-0.39, 0.29) is 12.3 Å². The molecule has 7 nitrogen and oxygen atoms in total. The van der Waals surface area contributed by atoms with Gasteiger partial charge in [-0.3, -0.25) is 9.78 Å². The van der Waals surface area contributed by atoms with Crippen molar-refractivity contribution in [1.82, 2.24) is 19.3 Å². The van der Waals surface area contributed by atoms with Gasteiger partial charge in [0.1, 0.15) is 11.4 Å². The van der Waals surface area contributed by atoms with Crippen LogP contribution in [0.5, 0.6) is 5.75 Å². The van der Waals surface area contributed by atoms with Gasteiger partial charge in [0.2, 0.25) is 5.91 Å². The number of ether oxygens (including phenoxy) is 2. The van der Waals surface area contributed by atoms with Gasteiger partial charge in [-0.15, -0.1) is 0 Å². The van der Waals surface area contributed by atoms with Gasteiger partial charge in [-0.2, -0.15) is 0 Å². The van der Waals surface area contributed by atoms with Gasteiger partial charge >= 0.3 is 0 Å². The highest BCUT2D eigenvalue weighted by molar-refractivity contribution is 5.82. The number of pyridine rings is 2. The van der Waals surface area contributed by atoms with Crippen molar-refractivity contribution >= 4 is 11.6 Å². The summed E-state index contributed by atoms with van der Waals surface area (Å²) in [4.78, 5) is 24.5. The Hall–Kier alpha value is -3.71. The largest absolute Gasteiger partial charge is 0.497 e. The molecule has 3 heterocycles. The molecular weight excluding hydrogens is 416 g/mol. The molecule has 0 atom stereocenters. The molecule has 4 aromatic rings. The third-order valence-electron chi connectivity index (χ3n) is 5.56. The molecule has 3 aromatic heterocycles. The zero-order chi connectivity index (χ0) is 23.2. The lowest BCUT2D eigenvalue weighted by Crippen LogP contribution is -2.35. The molecule has 0 bridgehead atoms. The molecule has 1 aromatic carbocycles. The number of aryl methyl sites for hydroxylation is 1. The number of imidazole rings is 1. The van der Waals surface area contributed by atoms with E-state index in [2.05, 4.69) is 4.98 Å². The molecule has 0 N–H and O–H groups in total. The Bertz CT molecular complexity index is 1220. The molecule has 0 aliphatic heterocycles. The van der Waals surface area contributed by atoms with Gasteiger partial charge in [-0.1, -0.05) is 6.07 Å². The number of methoxy groups -OCH3 is 2. The quantitative estimate of drug-likeness (QED) is 0.391. The number of rotatable bonds is 9. The van der Waals surface area contributed by atoms with Crippen LogP contribution in [0.15, 0.2) is 67.0 Å². The Morgan fingerprint density at radius 3 is 2.61 bits per heavy atom. The number of nitrogens with zero attached hydrogens (tertiary/aromatic N) is 4. The van der Waals surface area contributed by atoms with E-state index in [0.29, 0.717) is 19.7 Å². The zero-order valence-electron chi connectivity index (χ0n) is 19.2. The maximum Gasteiger partial charge on any atom is 0.229 e. The third-order valence-corrected chi connectivity index (χ3v) is 5.56. The van der Waals surface area contributed by atoms with Crippen molar-refractivity contribution in [3.05, 3.63) is 83.9 Å². The van der Waals surface area contributed by atoms with Gasteiger partial charge in [0.05, 0.1) is 43.8 Å². The highest BCUT2D eigenvalue weighted by atomic mass is 16.5. The molecule has 0 saturated carbocycles. The maximum atomic E-state index is 13.5. The first-order chi connectivity index (χ1) is 16.1. The number of hydrogen-bond acceptors (Lipinski definition) is 5. The summed E-state index contributed by atoms with van der Waals surface area (Å²) in [6, 6.07) is 17.5. The zero-order valence-corrected chi connectivity index (χ0v) is 19.2. The van der Waals surface area contributed by atoms with E-state index in [0.717, 1.165) is 39.6 Å². The minimum atomic E-state index is -0.00478. The summed E-state index contributed by atoms with van der Waals surface area (Å²) in [7, 11) is 3.28. The monoisotopic (exact) mass is 444 g/mol. The number of benzene rings is 1. The standard InChI is InChI=1S/C26H28N4O3/c1-19-11-13-30-23(26(28-24(30)16-19)20-7-9-22(33-3)10-8-20)17-25(31)29(14-15-32-2)18-21-6-4-5-12-27-21/h4-13,16H,14-15,17-18H2,1-3H3. The van der Waals surface area contributed by atoms with Crippen molar-refractivity contribution in [2.45, 2.75) is 19.9 Å². The number of carbonyl (C=O) groups excluding carboxylic acids is 1. The molecule has 170 valence electrons. The van der Waals surface area contributed by atoms with Gasteiger partial charge in [-0.25, -0.2) is 4.98 Å². The molecule has 0 aliphatic rings. The lowest BCUT2D eigenvalue weighted by Gasteiger charge is -2.22. The molecule has 0 spiro atoms. The number of aromatic nitrogens is 3. The van der Waals surface area contributed by atoms with Crippen LogP contribution in [0.4, 0.5) is 0 Å². The molecular formula is C26H28N4O3. The van der Waals surface area contributed by atoms with E-state index in [1.807, 2.05) is 72.1 Å². The predicted molar refractivity (Wildman–Crippen MR) is 127 cm³/mol. The first-order valence-electron chi connectivity index (χ1n) is 10.9. The van der Waals surface area contributed by atoms with Gasteiger partial charge < -0.3 is 18.8 Å². The second-order valence-corrected chi connectivity index (χ2v) is 7.87. The highest BCUT2D eigenvalue weighted by Gasteiger charge is 2.21. The normalized spacial score (nSPS) is 11.0. The van der Waals surface area contributed by atoms with Gasteiger partial charge in [0.25, 0.3) is 0 Å². The van der Waals surface area contributed by atoms with Crippen LogP contribution in [0.2, 0.25) is 0 Å². The summed E-state index contributed by atoms with van der Waals surface area (Å²) in [5, 5.41) is 0. The van der Waals surface area contributed by atoms with Crippen LogP contribution in [0.1, 0.15) is 17.0 Å². The lowest BCUT2D eigenvalue weighted by atomic mass is 10.1. The minimum absolute atomic E-state index is 0.00478. The van der Waals surface area contributed by atoms with Crippen LogP contribution in [0, 0.1) is 6.92 Å². The SMILES string of the molecule is COCCN(Cc1ccccn1)C(=O)Cc1c(-c2ccc(OC)cc2)nc2cc(C)ccn12. The topological polar surface area (TPSA) is 69.0 Å². The fourth-order valence-electron chi connectivity index (χ4n) is 3.78. The van der Waals surface area contributed by atoms with Gasteiger partial charge in [0.15, 0.2) is 0 Å². The number of fused-ring (bicyclic) bond motifs is 1. The molecule has 7 heteroatoms. The number of amides is 1. The van der Waals surface area contributed by atoms with E-state index in [1.54, 1.807) is 25.3 Å². The first-order valence-corrected chi connectivity index (χ1v) is 10.9. The smallest absolute Gasteiger partial charge is 0.229 e. The van der Waals surface area contributed by atoms with Crippen LogP contribution in [0.25, 0.3) is 16.9 Å². The van der Waals surface area contributed by atoms with Crippen LogP contribution in [0.3, 0.4) is 0 Å². The summed E-state index contributed by atoms with van der Waals surface area (Å²) < 4.78 is 12.5. The lowest BCUT2D eigenvalue weighted by molar-refractivity contribution is -0.131. The van der Waals surface area contributed by atoms with E-state index < -0.39 is 0 Å². The number of hydrogen-bond donors (Lipinski definition) is 0. The van der Waals surface area contributed by atoms with Crippen molar-refractivity contribution in [3.63, 3.8) is 0 Å². The molecule has 0 radical (unpaired) electrons. The van der Waals surface area contributed by atoms with Crippen molar-refractivity contribution < 1.29 is 14.3 Å². The summed E-state index contributed by atoms with van der Waals surface area (Å²) in [6.45, 7) is 3.40. The van der Waals surface area contributed by atoms with Crippen molar-refractivity contribution in [1.29, 1.82) is 0 Å². The Labute approximate surface area is 193 Å². The second-order valence-electron chi connectivity index (χ2n) is 7.87. The Morgan fingerprint density at radius 1 is 1.09 bits per heavy atom. The Kier molecular flexibility index (Phi) is 7.00. The van der Waals surface area contributed by atoms with Crippen LogP contribution < -0.4 is 4.74 Å². The van der Waals surface area contributed by atoms with Crippen LogP contribution in [-0.4, -0.2) is 52.5 Å². The molecule has 4 rings (SSSR count). The third kappa shape index (κ3) is 5.21. The molecule has 0 fully saturated rings. The summed E-state index contributed by atoms with van der Waals surface area (Å²) in [6.07, 6.45) is 3.93.